The predicted molar refractivity (Wildman–Crippen MR) is 93.1 cm³/mol. The molecular weight excluding hydrogens is 310 g/mol. The molecule has 2 aliphatic rings. The van der Waals surface area contributed by atoms with Gasteiger partial charge in [0.1, 0.15) is 0 Å². The Labute approximate surface area is 139 Å². The number of piperazine rings is 2. The summed E-state index contributed by atoms with van der Waals surface area (Å²) in [4.78, 5) is 21.5. The molecule has 3 heterocycles. The Hall–Kier alpha value is -1.70. The molecule has 1 atom stereocenters. The van der Waals surface area contributed by atoms with E-state index in [4.69, 9.17) is 4.98 Å². The van der Waals surface area contributed by atoms with Crippen molar-refractivity contribution in [3.63, 3.8) is 0 Å². The number of thiazole rings is 1. The van der Waals surface area contributed by atoms with Gasteiger partial charge in [0.15, 0.2) is 5.13 Å². The first-order valence-electron chi connectivity index (χ1n) is 8.15. The summed E-state index contributed by atoms with van der Waals surface area (Å²) in [7, 11) is 0. The van der Waals surface area contributed by atoms with Gasteiger partial charge in [-0.25, -0.2) is 4.98 Å². The van der Waals surface area contributed by atoms with E-state index < -0.39 is 0 Å². The molecule has 2 aromatic rings. The van der Waals surface area contributed by atoms with Crippen LogP contribution in [0.5, 0.6) is 0 Å². The minimum atomic E-state index is -0.0715. The van der Waals surface area contributed by atoms with Crippen LogP contribution in [0.15, 0.2) is 24.3 Å². The molecule has 2 N–H and O–H groups in total. The Morgan fingerprint density at radius 2 is 2.00 bits per heavy atom. The molecule has 0 aliphatic carbocycles. The number of hydrogen-bond donors (Lipinski definition) is 2. The Kier molecular flexibility index (Phi) is 4.15. The van der Waals surface area contributed by atoms with E-state index in [9.17, 15) is 4.79 Å². The fourth-order valence-corrected chi connectivity index (χ4v) is 4.18. The van der Waals surface area contributed by atoms with E-state index in [1.165, 1.54) is 4.70 Å². The van der Waals surface area contributed by atoms with Crippen molar-refractivity contribution in [2.24, 2.45) is 0 Å². The van der Waals surface area contributed by atoms with Gasteiger partial charge in [0.05, 0.1) is 16.3 Å². The Morgan fingerprint density at radius 1 is 1.17 bits per heavy atom. The molecule has 0 bridgehead atoms. The lowest BCUT2D eigenvalue weighted by Crippen LogP contribution is -2.59. The highest BCUT2D eigenvalue weighted by Gasteiger charge is 2.28. The van der Waals surface area contributed by atoms with Gasteiger partial charge in [0, 0.05) is 45.8 Å². The summed E-state index contributed by atoms with van der Waals surface area (Å²) in [6.07, 6.45) is 0. The van der Waals surface area contributed by atoms with E-state index in [2.05, 4.69) is 27.7 Å². The first-order valence-corrected chi connectivity index (χ1v) is 8.96. The van der Waals surface area contributed by atoms with Crippen LogP contribution in [0.1, 0.15) is 0 Å². The van der Waals surface area contributed by atoms with Crippen LogP contribution < -0.4 is 15.5 Å². The van der Waals surface area contributed by atoms with Crippen LogP contribution in [0.4, 0.5) is 5.13 Å². The molecule has 1 amide bonds. The molecular formula is C16H21N5OS. The van der Waals surface area contributed by atoms with Gasteiger partial charge in [-0.15, -0.1) is 0 Å². The highest BCUT2D eigenvalue weighted by Crippen LogP contribution is 2.29. The number of hydrogen-bond acceptors (Lipinski definition) is 6. The van der Waals surface area contributed by atoms with Crippen molar-refractivity contribution in [1.29, 1.82) is 0 Å². The van der Waals surface area contributed by atoms with E-state index in [0.717, 1.165) is 56.5 Å². The van der Waals surface area contributed by atoms with Gasteiger partial charge in [0.2, 0.25) is 5.91 Å². The zero-order valence-corrected chi connectivity index (χ0v) is 13.8. The minimum Gasteiger partial charge on any atom is -0.345 e. The first kappa shape index (κ1) is 14.9. The van der Waals surface area contributed by atoms with Crippen LogP contribution in [0, 0.1) is 0 Å². The van der Waals surface area contributed by atoms with Crippen molar-refractivity contribution in [2.45, 2.75) is 6.04 Å². The first-order chi connectivity index (χ1) is 11.3. The maximum Gasteiger partial charge on any atom is 0.241 e. The van der Waals surface area contributed by atoms with Gasteiger partial charge < -0.3 is 20.4 Å². The molecule has 1 aromatic carbocycles. The molecule has 6 nitrogen and oxygen atoms in total. The van der Waals surface area contributed by atoms with E-state index in [-0.39, 0.29) is 11.9 Å². The number of anilines is 1. The number of aromatic nitrogens is 1. The van der Waals surface area contributed by atoms with Gasteiger partial charge in [-0.3, -0.25) is 4.79 Å². The molecule has 7 heteroatoms. The fourth-order valence-electron chi connectivity index (χ4n) is 3.16. The van der Waals surface area contributed by atoms with Crippen molar-refractivity contribution in [2.75, 3.05) is 50.7 Å². The zero-order chi connectivity index (χ0) is 15.6. The number of nitrogens with one attached hydrogen (secondary N) is 2. The highest BCUT2D eigenvalue weighted by atomic mass is 32.1. The quantitative estimate of drug-likeness (QED) is 0.840. The Morgan fingerprint density at radius 3 is 2.74 bits per heavy atom. The summed E-state index contributed by atoms with van der Waals surface area (Å²) in [5.41, 5.74) is 1.06. The predicted octanol–water partition coefficient (Wildman–Crippen LogP) is 0.506. The second kappa shape index (κ2) is 6.43. The number of para-hydroxylation sites is 1. The lowest BCUT2D eigenvalue weighted by atomic mass is 10.2. The average Bonchev–Trinajstić information content (AvgIpc) is 3.06. The summed E-state index contributed by atoms with van der Waals surface area (Å²) in [5.74, 6) is 0.223. The lowest BCUT2D eigenvalue weighted by molar-refractivity contribution is -0.133. The maximum atomic E-state index is 12.5. The minimum absolute atomic E-state index is 0.0715. The third-order valence-electron chi connectivity index (χ3n) is 4.48. The van der Waals surface area contributed by atoms with Crippen LogP contribution in [0.25, 0.3) is 10.2 Å². The van der Waals surface area contributed by atoms with Crippen molar-refractivity contribution in [3.8, 4) is 0 Å². The molecule has 2 fully saturated rings. The van der Waals surface area contributed by atoms with Crippen LogP contribution in [-0.4, -0.2) is 67.6 Å². The Bertz CT molecular complexity index is 656. The molecule has 2 saturated heterocycles. The summed E-state index contributed by atoms with van der Waals surface area (Å²) in [6.45, 7) is 5.78. The van der Waals surface area contributed by atoms with Gasteiger partial charge in [0.25, 0.3) is 0 Å². The molecule has 0 spiro atoms. The van der Waals surface area contributed by atoms with Crippen molar-refractivity contribution in [3.05, 3.63) is 24.3 Å². The van der Waals surface area contributed by atoms with Crippen LogP contribution in [-0.2, 0) is 4.79 Å². The van der Waals surface area contributed by atoms with Crippen LogP contribution in [0.2, 0.25) is 0 Å². The topological polar surface area (TPSA) is 60.5 Å². The molecule has 4 rings (SSSR count). The van der Waals surface area contributed by atoms with Crippen LogP contribution in [0.3, 0.4) is 0 Å². The number of amides is 1. The summed E-state index contributed by atoms with van der Waals surface area (Å²) < 4.78 is 1.22. The third kappa shape index (κ3) is 3.04. The molecule has 1 aromatic heterocycles. The maximum absolute atomic E-state index is 12.5. The van der Waals surface area contributed by atoms with Gasteiger partial charge in [-0.05, 0) is 12.1 Å². The monoisotopic (exact) mass is 331 g/mol. The Balaban J connectivity index is 1.39. The van der Waals surface area contributed by atoms with Gasteiger partial charge in [-0.1, -0.05) is 23.5 Å². The van der Waals surface area contributed by atoms with E-state index in [0.29, 0.717) is 0 Å². The second-order valence-corrected chi connectivity index (χ2v) is 7.00. The second-order valence-electron chi connectivity index (χ2n) is 5.99. The number of carbonyl (C=O) groups is 1. The van der Waals surface area contributed by atoms with Crippen molar-refractivity contribution >= 4 is 32.6 Å². The van der Waals surface area contributed by atoms with Gasteiger partial charge >= 0.3 is 0 Å². The lowest BCUT2D eigenvalue weighted by Gasteiger charge is -2.37. The van der Waals surface area contributed by atoms with E-state index in [1.807, 2.05) is 17.0 Å². The van der Waals surface area contributed by atoms with E-state index in [1.54, 1.807) is 11.3 Å². The number of rotatable bonds is 2. The molecule has 23 heavy (non-hydrogen) atoms. The number of carbonyl (C=O) groups excluding carboxylic acids is 1. The number of nitrogens with zero attached hydrogens (tertiary/aromatic N) is 3. The molecule has 0 radical (unpaired) electrons. The molecule has 0 unspecified atom stereocenters. The number of fused-ring (bicyclic) bond motifs is 1. The average molecular weight is 331 g/mol. The summed E-state index contributed by atoms with van der Waals surface area (Å²) >= 11 is 1.73. The van der Waals surface area contributed by atoms with Crippen molar-refractivity contribution < 1.29 is 4.79 Å². The third-order valence-corrected chi connectivity index (χ3v) is 5.58. The molecule has 0 saturated carbocycles. The molecule has 122 valence electrons. The van der Waals surface area contributed by atoms with Gasteiger partial charge in [-0.2, -0.15) is 0 Å². The SMILES string of the molecule is O=C([C@H]1CNCCN1)N1CCN(c2nc3ccccc3s2)CC1. The standard InChI is InChI=1S/C16H21N5OS/c22-15(13-11-17-5-6-18-13)20-7-9-21(10-8-20)16-19-12-3-1-2-4-14(12)23-16/h1-4,13,17-18H,5-11H2/t13-/m1/s1. The zero-order valence-electron chi connectivity index (χ0n) is 13.0. The largest absolute Gasteiger partial charge is 0.345 e. The molecule has 2 aliphatic heterocycles. The normalized spacial score (nSPS) is 22.5. The van der Waals surface area contributed by atoms with Crippen LogP contribution >= 0.6 is 11.3 Å². The fraction of sp³-hybridized carbons (Fsp3) is 0.500. The highest BCUT2D eigenvalue weighted by molar-refractivity contribution is 7.22. The van der Waals surface area contributed by atoms with E-state index >= 15 is 0 Å². The smallest absolute Gasteiger partial charge is 0.241 e. The van der Waals surface area contributed by atoms with Crippen molar-refractivity contribution in [1.82, 2.24) is 20.5 Å². The summed E-state index contributed by atoms with van der Waals surface area (Å²) in [6, 6.07) is 8.16. The number of benzene rings is 1. The summed E-state index contributed by atoms with van der Waals surface area (Å²) in [5, 5.41) is 7.64.